The summed E-state index contributed by atoms with van der Waals surface area (Å²) in [4.78, 5) is 21.8. The Labute approximate surface area is 218 Å². The number of carbonyl (C=O) groups is 1. The molecule has 13 heteroatoms. The highest BCUT2D eigenvalue weighted by molar-refractivity contribution is 7.17. The van der Waals surface area contributed by atoms with Gasteiger partial charge < -0.3 is 20.1 Å². The number of carboxylic acids is 1. The third kappa shape index (κ3) is 3.90. The fourth-order valence-electron chi connectivity index (χ4n) is 4.64. The van der Waals surface area contributed by atoms with Crippen molar-refractivity contribution < 1.29 is 15.0 Å². The van der Waals surface area contributed by atoms with Gasteiger partial charge in [0.2, 0.25) is 0 Å². The Bertz CT molecular complexity index is 1540. The molecule has 0 amide bonds. The molecular weight excluding hydrogens is 525 g/mol. The lowest BCUT2D eigenvalue weighted by Crippen LogP contribution is -2.34. The molecular formula is C23H17Cl2N7O3S. The molecule has 0 spiro atoms. The highest BCUT2D eigenvalue weighted by Crippen LogP contribution is 2.45. The number of hydrogen-bond acceptors (Lipinski definition) is 8. The predicted octanol–water partition coefficient (Wildman–Crippen LogP) is 4.56. The van der Waals surface area contributed by atoms with E-state index in [9.17, 15) is 15.0 Å². The highest BCUT2D eigenvalue weighted by Gasteiger charge is 2.38. The van der Waals surface area contributed by atoms with Gasteiger partial charge in [-0.2, -0.15) is 4.68 Å². The van der Waals surface area contributed by atoms with Crippen molar-refractivity contribution in [3.8, 4) is 16.3 Å². The van der Waals surface area contributed by atoms with Crippen molar-refractivity contribution in [1.82, 2.24) is 35.1 Å². The van der Waals surface area contributed by atoms with Gasteiger partial charge in [0, 0.05) is 16.3 Å². The molecule has 2 aliphatic rings. The number of benzene rings is 1. The number of allylic oxidation sites excluding steroid dienone is 3. The maximum absolute atomic E-state index is 11.3. The number of aromatic amines is 1. The number of aliphatic hydroxyl groups is 1. The number of imidazole rings is 1. The van der Waals surface area contributed by atoms with Gasteiger partial charge in [-0.05, 0) is 71.3 Å². The molecule has 0 aliphatic carbocycles. The summed E-state index contributed by atoms with van der Waals surface area (Å²) in [6.45, 7) is 0. The van der Waals surface area contributed by atoms with Gasteiger partial charge >= 0.3 is 5.97 Å². The Balaban J connectivity index is 1.32. The number of aromatic carboxylic acids is 1. The maximum Gasteiger partial charge on any atom is 0.345 e. The molecule has 4 aromatic rings. The highest BCUT2D eigenvalue weighted by atomic mass is 35.5. The molecule has 0 radical (unpaired) electrons. The molecule has 1 aromatic carbocycles. The summed E-state index contributed by atoms with van der Waals surface area (Å²) >= 11 is 13.9. The number of H-pyrrole nitrogens is 1. The Kier molecular flexibility index (Phi) is 5.64. The van der Waals surface area contributed by atoms with Crippen LogP contribution < -0.4 is 0 Å². The molecule has 3 aromatic heterocycles. The number of rotatable bonds is 5. The van der Waals surface area contributed by atoms with E-state index in [1.165, 1.54) is 12.4 Å². The number of halogens is 2. The van der Waals surface area contributed by atoms with E-state index in [4.69, 9.17) is 23.2 Å². The lowest BCUT2D eigenvalue weighted by Gasteiger charge is -2.33. The van der Waals surface area contributed by atoms with E-state index >= 15 is 0 Å². The summed E-state index contributed by atoms with van der Waals surface area (Å²) in [6, 6.07) is 8.41. The second kappa shape index (κ2) is 8.86. The van der Waals surface area contributed by atoms with E-state index in [1.807, 2.05) is 23.1 Å². The fraction of sp³-hybridized carbons (Fsp3) is 0.174. The van der Waals surface area contributed by atoms with Gasteiger partial charge in [0.15, 0.2) is 0 Å². The minimum absolute atomic E-state index is 0.211. The molecule has 2 unspecified atom stereocenters. The number of aromatic nitrogens is 6. The van der Waals surface area contributed by atoms with Gasteiger partial charge in [-0.25, -0.2) is 9.78 Å². The van der Waals surface area contributed by atoms with E-state index in [1.54, 1.807) is 22.9 Å². The normalized spacial score (nSPS) is 19.2. The number of aliphatic hydroxyl groups excluding tert-OH is 1. The van der Waals surface area contributed by atoms with Crippen LogP contribution in [0.25, 0.3) is 21.8 Å². The first-order valence-electron chi connectivity index (χ1n) is 10.9. The van der Waals surface area contributed by atoms with Gasteiger partial charge in [0.1, 0.15) is 34.1 Å². The number of hydrogen-bond donors (Lipinski definition) is 3. The van der Waals surface area contributed by atoms with Gasteiger partial charge in [0.25, 0.3) is 0 Å². The van der Waals surface area contributed by atoms with Crippen LogP contribution in [0.1, 0.15) is 39.9 Å². The molecule has 5 heterocycles. The van der Waals surface area contributed by atoms with Crippen LogP contribution in [0, 0.1) is 0 Å². The van der Waals surface area contributed by atoms with Crippen LogP contribution in [0.4, 0.5) is 0 Å². The standard InChI is InChI=1S/C23H17Cl2N7O3S/c24-12-1-3-15(31-10-26-29-30-31)14(9-12)11-7-13-2-4-16(32(13)19(33)8-11)22-27-20(21(25)28-22)17-5-6-18(36-17)23(34)35/h1,3,5-10,16,19,33H,2,4H2,(H,27,28)(H,34,35). The number of thiophene rings is 1. The monoisotopic (exact) mass is 541 g/mol. The van der Waals surface area contributed by atoms with Gasteiger partial charge in [-0.15, -0.1) is 16.4 Å². The second-order valence-corrected chi connectivity index (χ2v) is 10.2. The van der Waals surface area contributed by atoms with E-state index in [-0.39, 0.29) is 10.9 Å². The maximum atomic E-state index is 11.3. The molecule has 1 saturated heterocycles. The van der Waals surface area contributed by atoms with Crippen LogP contribution in [0.15, 0.2) is 54.5 Å². The third-order valence-corrected chi connectivity index (χ3v) is 7.77. The molecule has 2 aliphatic heterocycles. The summed E-state index contributed by atoms with van der Waals surface area (Å²) in [5, 5.41) is 32.7. The van der Waals surface area contributed by atoms with Crippen molar-refractivity contribution in [3.05, 3.63) is 80.9 Å². The summed E-state index contributed by atoms with van der Waals surface area (Å²) in [5.41, 5.74) is 3.78. The molecule has 36 heavy (non-hydrogen) atoms. The largest absolute Gasteiger partial charge is 0.477 e. The van der Waals surface area contributed by atoms with Crippen LogP contribution in [0.3, 0.4) is 0 Å². The molecule has 6 rings (SSSR count). The quantitative estimate of drug-likeness (QED) is 0.335. The zero-order valence-corrected chi connectivity index (χ0v) is 20.7. The first kappa shape index (κ1) is 22.9. The SMILES string of the molecule is O=C(O)c1ccc(-c2nc(C3CCC4=CC(c5cc(Cl)ccc5-n5cnnn5)=CC(O)N43)[nH]c2Cl)s1. The number of fused-ring (bicyclic) bond motifs is 1. The van der Waals surface area contributed by atoms with Crippen molar-refractivity contribution in [2.24, 2.45) is 0 Å². The topological polar surface area (TPSA) is 133 Å². The summed E-state index contributed by atoms with van der Waals surface area (Å²) in [5.74, 6) is -0.387. The lowest BCUT2D eigenvalue weighted by atomic mass is 9.99. The predicted molar refractivity (Wildman–Crippen MR) is 134 cm³/mol. The Morgan fingerprint density at radius 3 is 2.83 bits per heavy atom. The molecule has 182 valence electrons. The smallest absolute Gasteiger partial charge is 0.345 e. The van der Waals surface area contributed by atoms with E-state index < -0.39 is 12.2 Å². The molecule has 0 saturated carbocycles. The molecule has 2 atom stereocenters. The average Bonchev–Trinajstić information content (AvgIpc) is 3.64. The molecule has 10 nitrogen and oxygen atoms in total. The van der Waals surface area contributed by atoms with Crippen LogP contribution in [0.2, 0.25) is 10.2 Å². The Morgan fingerprint density at radius 1 is 1.22 bits per heavy atom. The number of carboxylic acid groups (broad SMARTS) is 1. The Morgan fingerprint density at radius 2 is 2.08 bits per heavy atom. The summed E-state index contributed by atoms with van der Waals surface area (Å²) < 4.78 is 1.55. The molecule has 3 N–H and O–H groups in total. The third-order valence-electron chi connectivity index (χ3n) is 6.19. The fourth-order valence-corrected chi connectivity index (χ4v) is 5.95. The van der Waals surface area contributed by atoms with Crippen LogP contribution in [0.5, 0.6) is 0 Å². The van der Waals surface area contributed by atoms with E-state index in [2.05, 4.69) is 25.5 Å². The number of nitrogens with zero attached hydrogens (tertiary/aromatic N) is 6. The van der Waals surface area contributed by atoms with Crippen LogP contribution in [-0.4, -0.2) is 57.5 Å². The van der Waals surface area contributed by atoms with Gasteiger partial charge in [-0.3, -0.25) is 0 Å². The first-order valence-corrected chi connectivity index (χ1v) is 12.5. The lowest BCUT2D eigenvalue weighted by molar-refractivity contribution is 0.0487. The average molecular weight is 542 g/mol. The van der Waals surface area contributed by atoms with E-state index in [0.717, 1.165) is 40.3 Å². The zero-order valence-electron chi connectivity index (χ0n) is 18.3. The van der Waals surface area contributed by atoms with Crippen molar-refractivity contribution in [1.29, 1.82) is 0 Å². The van der Waals surface area contributed by atoms with Gasteiger partial charge in [0.05, 0.1) is 16.6 Å². The minimum Gasteiger partial charge on any atom is -0.477 e. The molecule has 0 bridgehead atoms. The van der Waals surface area contributed by atoms with E-state index in [0.29, 0.717) is 33.0 Å². The van der Waals surface area contributed by atoms with Crippen molar-refractivity contribution in [2.45, 2.75) is 25.1 Å². The summed E-state index contributed by atoms with van der Waals surface area (Å²) in [7, 11) is 0. The summed E-state index contributed by atoms with van der Waals surface area (Å²) in [6.07, 6.45) is 5.80. The minimum atomic E-state index is -0.995. The number of tetrazole rings is 1. The van der Waals surface area contributed by atoms with Crippen molar-refractivity contribution >= 4 is 46.1 Å². The zero-order chi connectivity index (χ0) is 25.0. The number of nitrogens with one attached hydrogen (secondary N) is 1. The van der Waals surface area contributed by atoms with Crippen molar-refractivity contribution in [3.63, 3.8) is 0 Å². The first-order chi connectivity index (χ1) is 17.4. The van der Waals surface area contributed by atoms with Crippen LogP contribution >= 0.6 is 34.5 Å². The van der Waals surface area contributed by atoms with Crippen molar-refractivity contribution in [2.75, 3.05) is 0 Å². The molecule has 1 fully saturated rings. The van der Waals surface area contributed by atoms with Crippen LogP contribution in [-0.2, 0) is 0 Å². The van der Waals surface area contributed by atoms with Gasteiger partial charge in [-0.1, -0.05) is 23.2 Å². The Hall–Kier alpha value is -3.51. The second-order valence-electron chi connectivity index (χ2n) is 8.30.